The number of carbonyl (C=O) groups is 2. The minimum Gasteiger partial charge on any atom is -0.352 e. The molecule has 1 aromatic rings. The maximum absolute atomic E-state index is 12.4. The Morgan fingerprint density at radius 3 is 2.76 bits per heavy atom. The van der Waals surface area contributed by atoms with Crippen molar-refractivity contribution < 1.29 is 9.59 Å². The molecule has 0 radical (unpaired) electrons. The molecule has 114 valence electrons. The van der Waals surface area contributed by atoms with E-state index in [2.05, 4.69) is 10.3 Å². The van der Waals surface area contributed by atoms with Crippen molar-refractivity contribution in [1.82, 2.24) is 15.3 Å². The summed E-state index contributed by atoms with van der Waals surface area (Å²) in [5.41, 5.74) is 0.641. The van der Waals surface area contributed by atoms with E-state index in [1.165, 1.54) is 9.91 Å². The monoisotopic (exact) mass is 291 g/mol. The highest BCUT2D eigenvalue weighted by Gasteiger charge is 2.33. The van der Waals surface area contributed by atoms with Gasteiger partial charge in [-0.05, 0) is 25.5 Å². The molecule has 0 spiro atoms. The van der Waals surface area contributed by atoms with Crippen LogP contribution < -0.4 is 15.2 Å². The standard InChI is InChI=1S/C14H21N5O2/c1-5-10(2)16-12(20)9-19-11-7-6-8-15-13(11)17(3)18(4)14(19)21/h6-8,10H,5,9H2,1-4H3,(H,16,20)/t10-/m0/s1. The van der Waals surface area contributed by atoms with Crippen LogP contribution in [-0.2, 0) is 4.79 Å². The van der Waals surface area contributed by atoms with Gasteiger partial charge in [0.15, 0.2) is 5.82 Å². The first kappa shape index (κ1) is 15.1. The van der Waals surface area contributed by atoms with E-state index in [-0.39, 0.29) is 24.5 Å². The van der Waals surface area contributed by atoms with Crippen LogP contribution in [0.1, 0.15) is 20.3 Å². The van der Waals surface area contributed by atoms with Crippen LogP contribution in [0.4, 0.5) is 16.3 Å². The molecule has 0 fully saturated rings. The number of carbonyl (C=O) groups excluding carboxylic acids is 2. The van der Waals surface area contributed by atoms with Gasteiger partial charge in [-0.1, -0.05) is 6.92 Å². The highest BCUT2D eigenvalue weighted by Crippen LogP contribution is 2.31. The Balaban J connectivity index is 2.24. The number of hydrogen-bond acceptors (Lipinski definition) is 4. The van der Waals surface area contributed by atoms with Gasteiger partial charge in [-0.3, -0.25) is 14.7 Å². The number of hydrogen-bond donors (Lipinski definition) is 1. The van der Waals surface area contributed by atoms with Crippen LogP contribution in [0, 0.1) is 0 Å². The highest BCUT2D eigenvalue weighted by atomic mass is 16.2. The SMILES string of the molecule is CC[C@H](C)NC(=O)CN1C(=O)N(C)N(C)c2ncccc21. The number of pyridine rings is 1. The maximum Gasteiger partial charge on any atom is 0.343 e. The molecule has 1 atom stereocenters. The summed E-state index contributed by atoms with van der Waals surface area (Å²) in [5, 5.41) is 5.97. The topological polar surface area (TPSA) is 68.8 Å². The average molecular weight is 291 g/mol. The van der Waals surface area contributed by atoms with E-state index in [4.69, 9.17) is 0 Å². The van der Waals surface area contributed by atoms with Gasteiger partial charge in [0, 0.05) is 26.3 Å². The first-order chi connectivity index (χ1) is 9.95. The second-order valence-electron chi connectivity index (χ2n) is 5.14. The van der Waals surface area contributed by atoms with E-state index >= 15 is 0 Å². The number of hydrazine groups is 1. The molecule has 2 heterocycles. The smallest absolute Gasteiger partial charge is 0.343 e. The van der Waals surface area contributed by atoms with E-state index in [1.807, 2.05) is 13.8 Å². The predicted octanol–water partition coefficient (Wildman–Crippen LogP) is 1.22. The minimum absolute atomic E-state index is 0.0138. The Morgan fingerprint density at radius 1 is 1.38 bits per heavy atom. The molecule has 0 aromatic carbocycles. The van der Waals surface area contributed by atoms with E-state index in [1.54, 1.807) is 37.4 Å². The molecule has 1 aliphatic heterocycles. The first-order valence-electron chi connectivity index (χ1n) is 6.99. The fourth-order valence-corrected chi connectivity index (χ4v) is 2.12. The summed E-state index contributed by atoms with van der Waals surface area (Å²) >= 11 is 0. The Bertz CT molecular complexity index is 548. The van der Waals surface area contributed by atoms with Gasteiger partial charge in [-0.25, -0.2) is 14.8 Å². The van der Waals surface area contributed by atoms with Gasteiger partial charge >= 0.3 is 6.03 Å². The minimum atomic E-state index is -0.252. The highest BCUT2D eigenvalue weighted by molar-refractivity contribution is 6.02. The lowest BCUT2D eigenvalue weighted by Crippen LogP contribution is -2.56. The van der Waals surface area contributed by atoms with Crippen molar-refractivity contribution in [2.75, 3.05) is 30.5 Å². The summed E-state index contributed by atoms with van der Waals surface area (Å²) in [6.45, 7) is 3.92. The number of fused-ring (bicyclic) bond motifs is 1. The second-order valence-corrected chi connectivity index (χ2v) is 5.14. The lowest BCUT2D eigenvalue weighted by Gasteiger charge is -2.40. The molecule has 2 rings (SSSR count). The molecule has 1 aromatic heterocycles. The maximum atomic E-state index is 12.4. The third-order valence-electron chi connectivity index (χ3n) is 3.64. The van der Waals surface area contributed by atoms with Crippen LogP contribution in [0.2, 0.25) is 0 Å². The number of nitrogens with one attached hydrogen (secondary N) is 1. The van der Waals surface area contributed by atoms with Gasteiger partial charge in [0.1, 0.15) is 6.54 Å². The summed E-state index contributed by atoms with van der Waals surface area (Å²) in [4.78, 5) is 30.2. The molecule has 0 bridgehead atoms. The summed E-state index contributed by atoms with van der Waals surface area (Å²) in [6.07, 6.45) is 2.51. The quantitative estimate of drug-likeness (QED) is 0.905. The van der Waals surface area contributed by atoms with E-state index < -0.39 is 0 Å². The first-order valence-corrected chi connectivity index (χ1v) is 6.99. The molecule has 0 aliphatic carbocycles. The Morgan fingerprint density at radius 2 is 2.10 bits per heavy atom. The van der Waals surface area contributed by atoms with Gasteiger partial charge in [0.05, 0.1) is 5.69 Å². The van der Waals surface area contributed by atoms with Crippen molar-refractivity contribution >= 4 is 23.4 Å². The summed E-state index contributed by atoms with van der Waals surface area (Å²) in [7, 11) is 3.42. The normalized spacial score (nSPS) is 15.8. The fraction of sp³-hybridized carbons (Fsp3) is 0.500. The molecular weight excluding hydrogens is 270 g/mol. The number of anilines is 2. The van der Waals surface area contributed by atoms with Crippen LogP contribution in [0.25, 0.3) is 0 Å². The molecular formula is C14H21N5O2. The van der Waals surface area contributed by atoms with Crippen LogP contribution in [0.15, 0.2) is 18.3 Å². The van der Waals surface area contributed by atoms with Crippen molar-refractivity contribution in [3.63, 3.8) is 0 Å². The summed E-state index contributed by atoms with van der Waals surface area (Å²) in [6, 6.07) is 3.38. The number of nitrogens with zero attached hydrogens (tertiary/aromatic N) is 4. The number of aromatic nitrogens is 1. The molecule has 7 heteroatoms. The van der Waals surface area contributed by atoms with Crippen molar-refractivity contribution in [2.45, 2.75) is 26.3 Å². The molecule has 0 saturated carbocycles. The molecule has 21 heavy (non-hydrogen) atoms. The van der Waals surface area contributed by atoms with E-state index in [0.29, 0.717) is 11.5 Å². The van der Waals surface area contributed by atoms with Crippen LogP contribution in [-0.4, -0.2) is 48.6 Å². The number of rotatable bonds is 4. The molecule has 7 nitrogen and oxygen atoms in total. The van der Waals surface area contributed by atoms with Gasteiger partial charge in [-0.2, -0.15) is 0 Å². The van der Waals surface area contributed by atoms with Crippen molar-refractivity contribution in [2.24, 2.45) is 0 Å². The third-order valence-corrected chi connectivity index (χ3v) is 3.64. The van der Waals surface area contributed by atoms with Gasteiger partial charge in [-0.15, -0.1) is 0 Å². The Hall–Kier alpha value is -2.31. The Labute approximate surface area is 124 Å². The lowest BCUT2D eigenvalue weighted by atomic mass is 10.2. The number of amides is 3. The molecule has 3 amide bonds. The summed E-state index contributed by atoms with van der Waals surface area (Å²) < 4.78 is 0. The lowest BCUT2D eigenvalue weighted by molar-refractivity contribution is -0.120. The molecule has 0 saturated heterocycles. The van der Waals surface area contributed by atoms with Crippen molar-refractivity contribution in [3.05, 3.63) is 18.3 Å². The largest absolute Gasteiger partial charge is 0.352 e. The zero-order valence-corrected chi connectivity index (χ0v) is 12.8. The molecule has 1 N–H and O–H groups in total. The van der Waals surface area contributed by atoms with Crippen LogP contribution in [0.5, 0.6) is 0 Å². The molecule has 0 unspecified atom stereocenters. The van der Waals surface area contributed by atoms with Crippen molar-refractivity contribution in [1.29, 1.82) is 0 Å². The Kier molecular flexibility index (Phi) is 4.30. The van der Waals surface area contributed by atoms with Gasteiger partial charge < -0.3 is 5.32 Å². The zero-order chi connectivity index (χ0) is 15.6. The van der Waals surface area contributed by atoms with Crippen LogP contribution >= 0.6 is 0 Å². The van der Waals surface area contributed by atoms with E-state index in [9.17, 15) is 9.59 Å². The van der Waals surface area contributed by atoms with Gasteiger partial charge in [0.25, 0.3) is 0 Å². The molecule has 1 aliphatic rings. The predicted molar refractivity (Wildman–Crippen MR) is 81.0 cm³/mol. The third kappa shape index (κ3) is 2.91. The summed E-state index contributed by atoms with van der Waals surface area (Å²) in [5.74, 6) is 0.474. The zero-order valence-electron chi connectivity index (χ0n) is 12.8. The van der Waals surface area contributed by atoms with Crippen molar-refractivity contribution in [3.8, 4) is 0 Å². The second kappa shape index (κ2) is 5.99. The van der Waals surface area contributed by atoms with Gasteiger partial charge in [0.2, 0.25) is 5.91 Å². The average Bonchev–Trinajstić information content (AvgIpc) is 2.49. The number of urea groups is 1. The van der Waals surface area contributed by atoms with E-state index in [0.717, 1.165) is 6.42 Å². The fourth-order valence-electron chi connectivity index (χ4n) is 2.12. The van der Waals surface area contributed by atoms with Crippen LogP contribution in [0.3, 0.4) is 0 Å².